The highest BCUT2D eigenvalue weighted by molar-refractivity contribution is 4.96. The fourth-order valence-electron chi connectivity index (χ4n) is 1.55. The fourth-order valence-corrected chi connectivity index (χ4v) is 1.55. The third-order valence-corrected chi connectivity index (χ3v) is 2.54. The normalized spacial score (nSPS) is 18.4. The van der Waals surface area contributed by atoms with Crippen LogP contribution in [0.5, 0.6) is 0 Å². The maximum absolute atomic E-state index is 5.93. The van der Waals surface area contributed by atoms with Gasteiger partial charge >= 0.3 is 0 Å². The largest absolute Gasteiger partial charge is 0.339 e. The Hall–Kier alpha value is -0.940. The molecule has 1 fully saturated rings. The lowest BCUT2D eigenvalue weighted by Crippen LogP contribution is -2.26. The SMILES string of the molecule is CN(C)CC(N)c1noc(CC2CC2)n1. The third kappa shape index (κ3) is 3.00. The van der Waals surface area contributed by atoms with Crippen molar-refractivity contribution >= 4 is 0 Å². The predicted octanol–water partition coefficient (Wildman–Crippen LogP) is 0.583. The van der Waals surface area contributed by atoms with Crippen molar-refractivity contribution in [1.82, 2.24) is 15.0 Å². The molecule has 1 aliphatic rings. The van der Waals surface area contributed by atoms with Crippen molar-refractivity contribution < 1.29 is 4.52 Å². The summed E-state index contributed by atoms with van der Waals surface area (Å²) in [6, 6.07) is -0.156. The molecule has 1 aromatic rings. The molecule has 0 radical (unpaired) electrons. The lowest BCUT2D eigenvalue weighted by atomic mass is 10.2. The summed E-state index contributed by atoms with van der Waals surface area (Å²) in [5.41, 5.74) is 5.93. The summed E-state index contributed by atoms with van der Waals surface area (Å²) >= 11 is 0. The van der Waals surface area contributed by atoms with Gasteiger partial charge in [-0.05, 0) is 32.9 Å². The predicted molar refractivity (Wildman–Crippen MR) is 56.2 cm³/mol. The minimum absolute atomic E-state index is 0.156. The first-order chi connectivity index (χ1) is 7.15. The van der Waals surface area contributed by atoms with Crippen LogP contribution in [0.25, 0.3) is 0 Å². The van der Waals surface area contributed by atoms with Crippen LogP contribution < -0.4 is 5.73 Å². The van der Waals surface area contributed by atoms with Crippen molar-refractivity contribution in [2.75, 3.05) is 20.6 Å². The molecule has 1 saturated carbocycles. The zero-order valence-corrected chi connectivity index (χ0v) is 9.31. The van der Waals surface area contributed by atoms with Gasteiger partial charge < -0.3 is 15.2 Å². The Labute approximate surface area is 89.6 Å². The molecule has 1 aromatic heterocycles. The van der Waals surface area contributed by atoms with Gasteiger partial charge in [-0.15, -0.1) is 0 Å². The fraction of sp³-hybridized carbons (Fsp3) is 0.800. The maximum atomic E-state index is 5.93. The molecule has 0 saturated heterocycles. The monoisotopic (exact) mass is 210 g/mol. The van der Waals surface area contributed by atoms with E-state index in [1.165, 1.54) is 12.8 Å². The zero-order chi connectivity index (χ0) is 10.8. The minimum Gasteiger partial charge on any atom is -0.339 e. The number of nitrogens with zero attached hydrogens (tertiary/aromatic N) is 3. The number of rotatable bonds is 5. The van der Waals surface area contributed by atoms with E-state index >= 15 is 0 Å². The molecule has 1 aliphatic carbocycles. The summed E-state index contributed by atoms with van der Waals surface area (Å²) in [6.45, 7) is 0.738. The molecule has 5 nitrogen and oxygen atoms in total. The molecule has 1 heterocycles. The zero-order valence-electron chi connectivity index (χ0n) is 9.31. The summed E-state index contributed by atoms with van der Waals surface area (Å²) in [6.07, 6.45) is 3.50. The van der Waals surface area contributed by atoms with Gasteiger partial charge in [-0.25, -0.2) is 0 Å². The van der Waals surface area contributed by atoms with Crippen LogP contribution >= 0.6 is 0 Å². The second-order valence-corrected chi connectivity index (χ2v) is 4.56. The summed E-state index contributed by atoms with van der Waals surface area (Å²) < 4.78 is 5.16. The Bertz CT molecular complexity index is 319. The van der Waals surface area contributed by atoms with Gasteiger partial charge in [0, 0.05) is 13.0 Å². The minimum atomic E-state index is -0.156. The Morgan fingerprint density at radius 1 is 1.53 bits per heavy atom. The Kier molecular flexibility index (Phi) is 3.02. The first-order valence-corrected chi connectivity index (χ1v) is 5.38. The van der Waals surface area contributed by atoms with Gasteiger partial charge in [0.25, 0.3) is 0 Å². The molecule has 0 aliphatic heterocycles. The summed E-state index contributed by atoms with van der Waals surface area (Å²) in [7, 11) is 3.95. The van der Waals surface area contributed by atoms with Crippen molar-refractivity contribution in [3.63, 3.8) is 0 Å². The van der Waals surface area contributed by atoms with E-state index in [-0.39, 0.29) is 6.04 Å². The molecular weight excluding hydrogens is 192 g/mol. The van der Waals surface area contributed by atoms with Crippen LogP contribution in [0.4, 0.5) is 0 Å². The second-order valence-electron chi connectivity index (χ2n) is 4.56. The molecule has 15 heavy (non-hydrogen) atoms. The Balaban J connectivity index is 1.92. The first-order valence-electron chi connectivity index (χ1n) is 5.38. The van der Waals surface area contributed by atoms with Gasteiger partial charge in [0.15, 0.2) is 5.82 Å². The number of hydrogen-bond acceptors (Lipinski definition) is 5. The van der Waals surface area contributed by atoms with Gasteiger partial charge in [-0.2, -0.15) is 4.98 Å². The van der Waals surface area contributed by atoms with Crippen molar-refractivity contribution in [1.29, 1.82) is 0 Å². The average Bonchev–Trinajstić information content (AvgIpc) is 2.80. The number of likely N-dealkylation sites (N-methyl/N-ethyl adjacent to an activating group) is 1. The maximum Gasteiger partial charge on any atom is 0.226 e. The van der Waals surface area contributed by atoms with Crippen molar-refractivity contribution in [2.45, 2.75) is 25.3 Å². The molecule has 2 N–H and O–H groups in total. The number of nitrogens with two attached hydrogens (primary N) is 1. The topological polar surface area (TPSA) is 68.2 Å². The van der Waals surface area contributed by atoms with Gasteiger partial charge in [0.05, 0.1) is 6.04 Å². The van der Waals surface area contributed by atoms with Crippen molar-refractivity contribution in [2.24, 2.45) is 11.7 Å². The van der Waals surface area contributed by atoms with E-state index in [2.05, 4.69) is 10.1 Å². The van der Waals surface area contributed by atoms with E-state index < -0.39 is 0 Å². The molecule has 0 aromatic carbocycles. The van der Waals surface area contributed by atoms with E-state index in [0.717, 1.165) is 24.8 Å². The van der Waals surface area contributed by atoms with Crippen LogP contribution in [-0.4, -0.2) is 35.7 Å². The van der Waals surface area contributed by atoms with E-state index in [1.54, 1.807) is 0 Å². The number of aromatic nitrogens is 2. The van der Waals surface area contributed by atoms with Gasteiger partial charge in [-0.1, -0.05) is 5.16 Å². The second kappa shape index (κ2) is 4.28. The molecule has 0 bridgehead atoms. The van der Waals surface area contributed by atoms with Gasteiger partial charge in [0.1, 0.15) is 0 Å². The molecule has 0 spiro atoms. The first kappa shape index (κ1) is 10.6. The molecule has 0 amide bonds. The standard InChI is InChI=1S/C10H18N4O/c1-14(2)6-8(11)10-12-9(15-13-10)5-7-3-4-7/h7-8H,3-6,11H2,1-2H3. The number of hydrogen-bond donors (Lipinski definition) is 1. The van der Waals surface area contributed by atoms with Crippen molar-refractivity contribution in [3.8, 4) is 0 Å². The summed E-state index contributed by atoms with van der Waals surface area (Å²) in [5, 5.41) is 3.91. The highest BCUT2D eigenvalue weighted by Gasteiger charge is 2.25. The molecular formula is C10H18N4O. The average molecular weight is 210 g/mol. The van der Waals surface area contributed by atoms with Crippen molar-refractivity contribution in [3.05, 3.63) is 11.7 Å². The van der Waals surface area contributed by atoms with Crippen LogP contribution in [0.3, 0.4) is 0 Å². The lowest BCUT2D eigenvalue weighted by molar-refractivity contribution is 0.344. The highest BCUT2D eigenvalue weighted by atomic mass is 16.5. The molecule has 5 heteroatoms. The van der Waals surface area contributed by atoms with Gasteiger partial charge in [0.2, 0.25) is 5.89 Å². The van der Waals surface area contributed by atoms with Crippen LogP contribution in [-0.2, 0) is 6.42 Å². The Morgan fingerprint density at radius 3 is 2.87 bits per heavy atom. The quantitative estimate of drug-likeness (QED) is 0.770. The summed E-state index contributed by atoms with van der Waals surface area (Å²) in [5.74, 6) is 2.13. The molecule has 2 rings (SSSR count). The smallest absolute Gasteiger partial charge is 0.226 e. The molecule has 84 valence electrons. The van der Waals surface area contributed by atoms with E-state index in [9.17, 15) is 0 Å². The van der Waals surface area contributed by atoms with Crippen LogP contribution in [0.1, 0.15) is 30.6 Å². The molecule has 1 atom stereocenters. The van der Waals surface area contributed by atoms with Gasteiger partial charge in [-0.3, -0.25) is 0 Å². The summed E-state index contributed by atoms with van der Waals surface area (Å²) in [4.78, 5) is 6.33. The lowest BCUT2D eigenvalue weighted by Gasteiger charge is -2.12. The van der Waals surface area contributed by atoms with E-state index in [1.807, 2.05) is 19.0 Å². The van der Waals surface area contributed by atoms with Crippen LogP contribution in [0.2, 0.25) is 0 Å². The molecule has 1 unspecified atom stereocenters. The highest BCUT2D eigenvalue weighted by Crippen LogP contribution is 2.32. The third-order valence-electron chi connectivity index (χ3n) is 2.54. The van der Waals surface area contributed by atoms with Crippen LogP contribution in [0, 0.1) is 5.92 Å². The Morgan fingerprint density at radius 2 is 2.27 bits per heavy atom. The van der Waals surface area contributed by atoms with E-state index in [4.69, 9.17) is 10.3 Å². The van der Waals surface area contributed by atoms with Crippen LogP contribution in [0.15, 0.2) is 4.52 Å². The van der Waals surface area contributed by atoms with E-state index in [0.29, 0.717) is 5.82 Å².